The van der Waals surface area contributed by atoms with E-state index in [0.717, 1.165) is 17.8 Å². The van der Waals surface area contributed by atoms with Gasteiger partial charge < -0.3 is 5.32 Å². The van der Waals surface area contributed by atoms with Gasteiger partial charge >= 0.3 is 6.18 Å². The van der Waals surface area contributed by atoms with Crippen LogP contribution >= 0.6 is 23.1 Å². The second-order valence-corrected chi connectivity index (χ2v) is 9.06. The maximum Gasteiger partial charge on any atom is 0.433 e. The molecular formula is C22H18F3N5O2S2. The molecule has 0 aliphatic rings. The topological polar surface area (TPSA) is 81.8 Å². The van der Waals surface area contributed by atoms with Crippen LogP contribution in [0.2, 0.25) is 0 Å². The number of hydrogen-bond acceptors (Lipinski definition) is 6. The number of benzene rings is 1. The molecule has 12 heteroatoms. The molecule has 0 saturated carbocycles. The van der Waals surface area contributed by atoms with Gasteiger partial charge in [0.1, 0.15) is 11.4 Å². The summed E-state index contributed by atoms with van der Waals surface area (Å²) >= 11 is 2.01. The predicted octanol–water partition coefficient (Wildman–Crippen LogP) is 4.75. The molecule has 0 atom stereocenters. The van der Waals surface area contributed by atoms with Gasteiger partial charge in [-0.15, -0.1) is 11.3 Å². The number of nitrogens with one attached hydrogen (secondary N) is 1. The average molecular weight is 506 g/mol. The molecule has 0 saturated heterocycles. The number of amides is 1. The predicted molar refractivity (Wildman–Crippen MR) is 125 cm³/mol. The van der Waals surface area contributed by atoms with Crippen molar-refractivity contribution in [3.63, 3.8) is 0 Å². The Balaban J connectivity index is 1.54. The molecule has 0 aliphatic carbocycles. The van der Waals surface area contributed by atoms with Crippen molar-refractivity contribution in [1.82, 2.24) is 19.3 Å². The van der Waals surface area contributed by atoms with Crippen LogP contribution in [0.4, 0.5) is 18.9 Å². The Morgan fingerprint density at radius 2 is 1.88 bits per heavy atom. The van der Waals surface area contributed by atoms with Crippen molar-refractivity contribution in [3.8, 4) is 16.3 Å². The fourth-order valence-corrected chi connectivity index (χ4v) is 4.55. The van der Waals surface area contributed by atoms with E-state index >= 15 is 0 Å². The van der Waals surface area contributed by atoms with E-state index in [0.29, 0.717) is 16.3 Å². The molecule has 1 aromatic carbocycles. The van der Waals surface area contributed by atoms with E-state index in [1.54, 1.807) is 60.4 Å². The summed E-state index contributed by atoms with van der Waals surface area (Å²) in [5.74, 6) is -0.834. The number of alkyl halides is 3. The first-order chi connectivity index (χ1) is 16.1. The van der Waals surface area contributed by atoms with Gasteiger partial charge in [-0.2, -0.15) is 13.2 Å². The molecule has 0 radical (unpaired) electrons. The van der Waals surface area contributed by atoms with Crippen molar-refractivity contribution >= 4 is 34.7 Å². The van der Waals surface area contributed by atoms with Crippen LogP contribution in [-0.2, 0) is 18.0 Å². The highest BCUT2D eigenvalue weighted by molar-refractivity contribution is 7.99. The molecule has 176 valence electrons. The van der Waals surface area contributed by atoms with Crippen molar-refractivity contribution in [3.05, 3.63) is 75.7 Å². The summed E-state index contributed by atoms with van der Waals surface area (Å²) in [6.45, 7) is 1.69. The van der Waals surface area contributed by atoms with Crippen LogP contribution in [0.25, 0.3) is 16.3 Å². The largest absolute Gasteiger partial charge is 0.433 e. The van der Waals surface area contributed by atoms with Crippen molar-refractivity contribution in [2.24, 2.45) is 7.05 Å². The summed E-state index contributed by atoms with van der Waals surface area (Å²) in [7, 11) is 1.69. The molecule has 1 amide bonds. The van der Waals surface area contributed by atoms with Gasteiger partial charge in [-0.05, 0) is 36.6 Å². The number of nitrogens with zero attached hydrogens (tertiary/aromatic N) is 4. The molecule has 0 bridgehead atoms. The van der Waals surface area contributed by atoms with Gasteiger partial charge in [0, 0.05) is 7.05 Å². The van der Waals surface area contributed by atoms with E-state index in [-0.39, 0.29) is 22.3 Å². The minimum atomic E-state index is -4.66. The number of halogens is 3. The van der Waals surface area contributed by atoms with Crippen molar-refractivity contribution in [2.75, 3.05) is 11.1 Å². The van der Waals surface area contributed by atoms with E-state index in [1.807, 2.05) is 6.07 Å². The first-order valence-electron chi connectivity index (χ1n) is 9.92. The highest BCUT2D eigenvalue weighted by Crippen LogP contribution is 2.33. The van der Waals surface area contributed by atoms with E-state index in [1.165, 1.54) is 16.0 Å². The third-order valence-electron chi connectivity index (χ3n) is 4.92. The third-order valence-corrected chi connectivity index (χ3v) is 6.66. The number of carbonyl (C=O) groups excluding carboxylic acids is 1. The van der Waals surface area contributed by atoms with Crippen LogP contribution in [0, 0.1) is 6.92 Å². The molecule has 34 heavy (non-hydrogen) atoms. The lowest BCUT2D eigenvalue weighted by Crippen LogP contribution is -2.23. The number of rotatable bonds is 6. The van der Waals surface area contributed by atoms with Gasteiger partial charge in [-0.3, -0.25) is 14.3 Å². The van der Waals surface area contributed by atoms with Gasteiger partial charge in [0.15, 0.2) is 5.16 Å². The van der Waals surface area contributed by atoms with E-state index in [9.17, 15) is 22.8 Å². The first kappa shape index (κ1) is 23.8. The van der Waals surface area contributed by atoms with Crippen LogP contribution in [0.1, 0.15) is 11.4 Å². The summed E-state index contributed by atoms with van der Waals surface area (Å²) < 4.78 is 43.0. The quantitative estimate of drug-likeness (QED) is 0.302. The average Bonchev–Trinajstić information content (AvgIpc) is 3.42. The monoisotopic (exact) mass is 505 g/mol. The van der Waals surface area contributed by atoms with E-state index in [2.05, 4.69) is 15.3 Å². The number of anilines is 1. The maximum absolute atomic E-state index is 13.3. The van der Waals surface area contributed by atoms with Crippen molar-refractivity contribution in [2.45, 2.75) is 18.3 Å². The summed E-state index contributed by atoms with van der Waals surface area (Å²) in [5.41, 5.74) is -0.113. The molecule has 1 N–H and O–H groups in total. The van der Waals surface area contributed by atoms with Gasteiger partial charge in [-0.1, -0.05) is 36.0 Å². The summed E-state index contributed by atoms with van der Waals surface area (Å²) in [5, 5.41) is 4.13. The lowest BCUT2D eigenvalue weighted by Gasteiger charge is -2.09. The summed E-state index contributed by atoms with van der Waals surface area (Å²) in [4.78, 5) is 33.8. The summed E-state index contributed by atoms with van der Waals surface area (Å²) in [6, 6.07) is 13.2. The van der Waals surface area contributed by atoms with Crippen LogP contribution in [-0.4, -0.2) is 31.0 Å². The number of hydrogen-bond donors (Lipinski definition) is 1. The zero-order valence-electron chi connectivity index (χ0n) is 18.0. The molecule has 0 fully saturated rings. The molecule has 0 spiro atoms. The van der Waals surface area contributed by atoms with Gasteiger partial charge in [-0.25, -0.2) is 14.6 Å². The van der Waals surface area contributed by atoms with Gasteiger partial charge in [0.2, 0.25) is 5.91 Å². The minimum absolute atomic E-state index is 0.0983. The Hall–Kier alpha value is -3.38. The SMILES string of the molecule is Cc1c(NC(=O)CSc2nc(-c3cccs3)cc(C(F)(F)F)n2)c(=O)n(-c2ccccc2)n1C. The lowest BCUT2D eigenvalue weighted by atomic mass is 10.3. The fourth-order valence-electron chi connectivity index (χ4n) is 3.20. The molecular weight excluding hydrogens is 487 g/mol. The Kier molecular flexibility index (Phi) is 6.62. The standard InChI is InChI=1S/C22H18F3N5O2S2/c1-13-19(20(32)30(29(13)2)14-7-4-3-5-8-14)28-18(31)12-34-21-26-15(16-9-6-10-33-16)11-17(27-21)22(23,24)25/h3-11H,12H2,1-2H3,(H,28,31). The highest BCUT2D eigenvalue weighted by atomic mass is 32.2. The normalized spacial score (nSPS) is 11.6. The molecule has 7 nitrogen and oxygen atoms in total. The molecule has 4 rings (SSSR count). The van der Waals surface area contributed by atoms with Crippen molar-refractivity contribution in [1.29, 1.82) is 0 Å². The second-order valence-electron chi connectivity index (χ2n) is 7.17. The molecule has 0 aliphatic heterocycles. The summed E-state index contributed by atoms with van der Waals surface area (Å²) in [6.07, 6.45) is -4.66. The Morgan fingerprint density at radius 1 is 1.15 bits per heavy atom. The second kappa shape index (κ2) is 9.47. The first-order valence-corrected chi connectivity index (χ1v) is 11.8. The van der Waals surface area contributed by atoms with Crippen LogP contribution < -0.4 is 10.9 Å². The van der Waals surface area contributed by atoms with Crippen LogP contribution in [0.15, 0.2) is 63.9 Å². The Labute approximate surface area is 200 Å². The fraction of sp³-hybridized carbons (Fsp3) is 0.182. The van der Waals surface area contributed by atoms with Gasteiger partial charge in [0.05, 0.1) is 27.7 Å². The van der Waals surface area contributed by atoms with E-state index < -0.39 is 23.3 Å². The highest BCUT2D eigenvalue weighted by Gasteiger charge is 2.34. The molecule has 3 heterocycles. The molecule has 4 aromatic rings. The number of para-hydroxylation sites is 1. The number of thiophene rings is 1. The van der Waals surface area contributed by atoms with Crippen LogP contribution in [0.3, 0.4) is 0 Å². The Morgan fingerprint density at radius 3 is 2.53 bits per heavy atom. The number of aromatic nitrogens is 4. The van der Waals surface area contributed by atoms with E-state index in [4.69, 9.17) is 0 Å². The minimum Gasteiger partial charge on any atom is -0.319 e. The maximum atomic E-state index is 13.3. The Bertz CT molecular complexity index is 1380. The van der Waals surface area contributed by atoms with Crippen LogP contribution in [0.5, 0.6) is 0 Å². The smallest absolute Gasteiger partial charge is 0.319 e. The zero-order chi connectivity index (χ0) is 24.5. The number of thioether (sulfide) groups is 1. The third kappa shape index (κ3) is 4.92. The molecule has 3 aromatic heterocycles. The molecule has 0 unspecified atom stereocenters. The zero-order valence-corrected chi connectivity index (χ0v) is 19.6. The lowest BCUT2D eigenvalue weighted by molar-refractivity contribution is -0.141. The van der Waals surface area contributed by atoms with Gasteiger partial charge in [0.25, 0.3) is 5.56 Å². The number of carbonyl (C=O) groups is 1. The van der Waals surface area contributed by atoms with Crippen molar-refractivity contribution < 1.29 is 18.0 Å².